The lowest BCUT2D eigenvalue weighted by Crippen LogP contribution is -2.64. The van der Waals surface area contributed by atoms with E-state index in [4.69, 9.17) is 4.74 Å². The molecule has 162 valence electrons. The Morgan fingerprint density at radius 2 is 1.65 bits per heavy atom. The molecule has 6 heteroatoms. The van der Waals surface area contributed by atoms with Crippen molar-refractivity contribution in [1.29, 1.82) is 0 Å². The van der Waals surface area contributed by atoms with E-state index in [2.05, 4.69) is 22.3 Å². The van der Waals surface area contributed by atoms with Gasteiger partial charge in [-0.1, -0.05) is 43.2 Å². The largest absolute Gasteiger partial charge is 0.378 e. The van der Waals surface area contributed by atoms with Gasteiger partial charge >= 0.3 is 0 Å². The van der Waals surface area contributed by atoms with Crippen molar-refractivity contribution in [3.8, 4) is 0 Å². The molecule has 1 aliphatic carbocycles. The van der Waals surface area contributed by atoms with Gasteiger partial charge < -0.3 is 19.9 Å². The van der Waals surface area contributed by atoms with Gasteiger partial charge in [-0.05, 0) is 42.7 Å². The highest BCUT2D eigenvalue weighted by atomic mass is 16.5. The van der Waals surface area contributed by atoms with Crippen molar-refractivity contribution in [1.82, 2.24) is 4.90 Å². The number of ether oxygens (including phenoxy) is 1. The predicted molar refractivity (Wildman–Crippen MR) is 120 cm³/mol. The number of nitrogens with one attached hydrogen (secondary N) is 1. The van der Waals surface area contributed by atoms with E-state index in [1.165, 1.54) is 0 Å². The third-order valence-corrected chi connectivity index (χ3v) is 6.95. The lowest BCUT2D eigenvalue weighted by molar-refractivity contribution is -0.163. The molecule has 2 aromatic carbocycles. The summed E-state index contributed by atoms with van der Waals surface area (Å²) in [6, 6.07) is 18.1. The first kappa shape index (κ1) is 20.1. The first-order chi connectivity index (χ1) is 15.2. The Balaban J connectivity index is 1.34. The molecule has 1 saturated carbocycles. The standard InChI is InChI=1S/C25H29N3O3/c29-23-18-22(19-6-2-1-3-7-19)28(23)25(12-4-5-13-25)24(30)26-20-8-10-21(11-9-20)27-14-16-31-17-15-27/h1-3,6-11,22H,4-5,12-18H2,(H,26,30). The smallest absolute Gasteiger partial charge is 0.250 e. The molecule has 0 spiro atoms. The summed E-state index contributed by atoms with van der Waals surface area (Å²) in [6.07, 6.45) is 3.86. The average molecular weight is 420 g/mol. The maximum absolute atomic E-state index is 13.5. The lowest BCUT2D eigenvalue weighted by atomic mass is 9.83. The van der Waals surface area contributed by atoms with Crippen LogP contribution < -0.4 is 10.2 Å². The molecule has 0 radical (unpaired) electrons. The summed E-state index contributed by atoms with van der Waals surface area (Å²) in [5, 5.41) is 3.12. The molecule has 2 amide bonds. The molecule has 1 unspecified atom stereocenters. The number of morpholine rings is 1. The van der Waals surface area contributed by atoms with E-state index in [-0.39, 0.29) is 17.9 Å². The molecule has 3 fully saturated rings. The van der Waals surface area contributed by atoms with Crippen molar-refractivity contribution >= 4 is 23.2 Å². The van der Waals surface area contributed by atoms with Crippen molar-refractivity contribution in [2.75, 3.05) is 36.5 Å². The number of benzene rings is 2. The Morgan fingerprint density at radius 3 is 2.29 bits per heavy atom. The van der Waals surface area contributed by atoms with Gasteiger partial charge in [-0.3, -0.25) is 9.59 Å². The minimum atomic E-state index is -0.751. The number of hydrogen-bond acceptors (Lipinski definition) is 4. The molecule has 0 aromatic heterocycles. The second-order valence-corrected chi connectivity index (χ2v) is 8.73. The van der Waals surface area contributed by atoms with Crippen LogP contribution in [0.25, 0.3) is 0 Å². The highest BCUT2D eigenvalue weighted by Crippen LogP contribution is 2.47. The van der Waals surface area contributed by atoms with Gasteiger partial charge in [0.05, 0.1) is 25.7 Å². The zero-order valence-corrected chi connectivity index (χ0v) is 17.8. The summed E-state index contributed by atoms with van der Waals surface area (Å²) < 4.78 is 5.42. The van der Waals surface area contributed by atoms with E-state index in [1.54, 1.807) is 0 Å². The number of amides is 2. The van der Waals surface area contributed by atoms with Crippen LogP contribution in [0.2, 0.25) is 0 Å². The first-order valence-corrected chi connectivity index (χ1v) is 11.3. The molecule has 3 aliphatic rings. The highest BCUT2D eigenvalue weighted by Gasteiger charge is 2.55. The van der Waals surface area contributed by atoms with Gasteiger partial charge in [0.1, 0.15) is 5.54 Å². The zero-order chi connectivity index (χ0) is 21.3. The maximum atomic E-state index is 13.5. The molecule has 0 bridgehead atoms. The van der Waals surface area contributed by atoms with Crippen LogP contribution in [0.5, 0.6) is 0 Å². The molecule has 31 heavy (non-hydrogen) atoms. The van der Waals surface area contributed by atoms with Crippen LogP contribution in [0, 0.1) is 0 Å². The molecule has 5 rings (SSSR count). The molecule has 1 atom stereocenters. The Morgan fingerprint density at radius 1 is 0.968 bits per heavy atom. The Hall–Kier alpha value is -2.86. The third-order valence-electron chi connectivity index (χ3n) is 6.95. The molecule has 2 heterocycles. The molecule has 2 aliphatic heterocycles. The summed E-state index contributed by atoms with van der Waals surface area (Å²) in [5.74, 6) is 0.0201. The first-order valence-electron chi connectivity index (χ1n) is 11.3. The quantitative estimate of drug-likeness (QED) is 0.750. The fraction of sp³-hybridized carbons (Fsp3) is 0.440. The predicted octanol–water partition coefficient (Wildman–Crippen LogP) is 3.75. The second kappa shape index (κ2) is 8.35. The maximum Gasteiger partial charge on any atom is 0.250 e. The fourth-order valence-electron chi connectivity index (χ4n) is 5.26. The van der Waals surface area contributed by atoms with Gasteiger partial charge in [0.25, 0.3) is 0 Å². The van der Waals surface area contributed by atoms with Gasteiger partial charge in [0, 0.05) is 24.5 Å². The van der Waals surface area contributed by atoms with Crippen LogP contribution in [0.3, 0.4) is 0 Å². The Bertz CT molecular complexity index is 932. The molecular formula is C25H29N3O3. The highest BCUT2D eigenvalue weighted by molar-refractivity contribution is 6.02. The number of likely N-dealkylation sites (tertiary alicyclic amines) is 1. The van der Waals surface area contributed by atoms with Crippen molar-refractivity contribution in [2.45, 2.75) is 43.7 Å². The Labute approximate surface area is 183 Å². The van der Waals surface area contributed by atoms with Gasteiger partial charge in [-0.15, -0.1) is 0 Å². The van der Waals surface area contributed by atoms with Gasteiger partial charge in [-0.25, -0.2) is 0 Å². The van der Waals surface area contributed by atoms with Crippen LogP contribution in [-0.4, -0.2) is 48.6 Å². The molecular weight excluding hydrogens is 390 g/mol. The van der Waals surface area contributed by atoms with Crippen molar-refractivity contribution in [2.24, 2.45) is 0 Å². The van der Waals surface area contributed by atoms with Gasteiger partial charge in [-0.2, -0.15) is 0 Å². The topological polar surface area (TPSA) is 61.9 Å². The summed E-state index contributed by atoms with van der Waals surface area (Å²) in [7, 11) is 0. The van der Waals surface area contributed by atoms with Crippen LogP contribution in [0.4, 0.5) is 11.4 Å². The number of nitrogens with zero attached hydrogens (tertiary/aromatic N) is 2. The minimum Gasteiger partial charge on any atom is -0.378 e. The molecule has 2 saturated heterocycles. The molecule has 1 N–H and O–H groups in total. The Kier molecular flexibility index (Phi) is 5.40. The monoisotopic (exact) mass is 419 g/mol. The van der Waals surface area contributed by atoms with Gasteiger partial charge in [0.15, 0.2) is 0 Å². The van der Waals surface area contributed by atoms with Gasteiger partial charge in [0.2, 0.25) is 11.8 Å². The van der Waals surface area contributed by atoms with Crippen LogP contribution >= 0.6 is 0 Å². The normalized spacial score (nSPS) is 22.8. The number of anilines is 2. The van der Waals surface area contributed by atoms with Crippen LogP contribution in [0.1, 0.15) is 43.7 Å². The summed E-state index contributed by atoms with van der Waals surface area (Å²) >= 11 is 0. The number of hydrogen-bond donors (Lipinski definition) is 1. The number of carbonyl (C=O) groups is 2. The van der Waals surface area contributed by atoms with E-state index >= 15 is 0 Å². The minimum absolute atomic E-state index is 0.0127. The summed E-state index contributed by atoms with van der Waals surface area (Å²) in [6.45, 7) is 3.25. The van der Waals surface area contributed by atoms with E-state index in [1.807, 2.05) is 47.4 Å². The van der Waals surface area contributed by atoms with E-state index in [0.29, 0.717) is 6.42 Å². The fourth-order valence-corrected chi connectivity index (χ4v) is 5.26. The summed E-state index contributed by atoms with van der Waals surface area (Å²) in [4.78, 5) is 30.4. The number of rotatable bonds is 5. The molecule has 2 aromatic rings. The number of carbonyl (C=O) groups excluding carboxylic acids is 2. The number of β-lactam (4-membered cyclic amide) rings is 1. The van der Waals surface area contributed by atoms with E-state index in [9.17, 15) is 9.59 Å². The SMILES string of the molecule is O=C1CC(c2ccccc2)N1C1(C(=O)Nc2ccc(N3CCOCC3)cc2)CCCC1. The van der Waals surface area contributed by atoms with Crippen LogP contribution in [-0.2, 0) is 14.3 Å². The molecule has 6 nitrogen and oxygen atoms in total. The van der Waals surface area contributed by atoms with Crippen molar-refractivity contribution in [3.63, 3.8) is 0 Å². The van der Waals surface area contributed by atoms with Crippen LogP contribution in [0.15, 0.2) is 54.6 Å². The third kappa shape index (κ3) is 3.69. The summed E-state index contributed by atoms with van der Waals surface area (Å²) in [5.41, 5.74) is 2.27. The van der Waals surface area contributed by atoms with E-state index < -0.39 is 5.54 Å². The van der Waals surface area contributed by atoms with E-state index in [0.717, 1.165) is 68.9 Å². The zero-order valence-electron chi connectivity index (χ0n) is 17.8. The van der Waals surface area contributed by atoms with Crippen molar-refractivity contribution in [3.05, 3.63) is 60.2 Å². The lowest BCUT2D eigenvalue weighted by Gasteiger charge is -2.51. The second-order valence-electron chi connectivity index (χ2n) is 8.73. The van der Waals surface area contributed by atoms with Crippen molar-refractivity contribution < 1.29 is 14.3 Å². The average Bonchev–Trinajstić information content (AvgIpc) is 3.29.